The molecule has 0 aliphatic carbocycles. The van der Waals surface area contributed by atoms with Gasteiger partial charge in [-0.1, -0.05) is 358 Å². The second-order valence-corrected chi connectivity index (χ2v) is 29.1. The maximum absolute atomic E-state index is 12.9. The van der Waals surface area contributed by atoms with E-state index in [0.29, 0.717) is 17.4 Å². The van der Waals surface area contributed by atoms with Gasteiger partial charge in [0.1, 0.15) is 19.8 Å². The van der Waals surface area contributed by atoms with E-state index in [9.17, 15) is 19.0 Å². The summed E-state index contributed by atoms with van der Waals surface area (Å²) < 4.78 is 34.8. The SMILES string of the molecule is CC/C=C\C/C=C\C/C=C\C/C=C\C/C=C\C/C=C\C/C=C\C/C=C\C/C=C\CCCCCCCCCCCCCC(=O)OC(COC(=O)CCCCCCCCCCCCCCCCCCCCCCCC/C=C\C/C=C\C/C=C\C/C=C\CC)COP(=O)(O)OCC[N+](C)(C)C. The third-order valence-electron chi connectivity index (χ3n) is 17.1. The topological polar surface area (TPSA) is 108 Å². The van der Waals surface area contributed by atoms with Gasteiger partial charge in [-0.2, -0.15) is 0 Å². The quantitative estimate of drug-likeness (QED) is 0.0211. The van der Waals surface area contributed by atoms with Gasteiger partial charge >= 0.3 is 19.8 Å². The van der Waals surface area contributed by atoms with Crippen molar-refractivity contribution in [3.8, 4) is 0 Å². The molecule has 0 aromatic carbocycles. The van der Waals surface area contributed by atoms with Crippen LogP contribution in [0.3, 0.4) is 0 Å². The molecule has 0 aliphatic rings. The van der Waals surface area contributed by atoms with E-state index in [1.807, 2.05) is 21.1 Å². The number of phosphoric acid groups is 1. The van der Waals surface area contributed by atoms with Crippen LogP contribution in [0.5, 0.6) is 0 Å². The zero-order chi connectivity index (χ0) is 71.1. The first-order chi connectivity index (χ1) is 48.0. The highest BCUT2D eigenvalue weighted by Crippen LogP contribution is 2.43. The van der Waals surface area contributed by atoms with Gasteiger partial charge in [-0.05, 0) is 122 Å². The van der Waals surface area contributed by atoms with Crippen molar-refractivity contribution >= 4 is 19.8 Å². The number of allylic oxidation sites excluding steroid dienone is 26. The number of ether oxygens (including phenoxy) is 2. The fourth-order valence-electron chi connectivity index (χ4n) is 11.0. The van der Waals surface area contributed by atoms with Crippen LogP contribution in [0.4, 0.5) is 0 Å². The summed E-state index contributed by atoms with van der Waals surface area (Å²) in [6.45, 7) is 4.23. The van der Waals surface area contributed by atoms with Crippen LogP contribution in [0.25, 0.3) is 0 Å². The molecule has 10 heteroatoms. The number of likely N-dealkylation sites (N-methyl/N-ethyl adjacent to an activating group) is 1. The summed E-state index contributed by atoms with van der Waals surface area (Å²) in [6, 6.07) is 0. The molecule has 560 valence electrons. The molecule has 98 heavy (non-hydrogen) atoms. The molecule has 0 aliphatic heterocycles. The first-order valence-corrected chi connectivity index (χ1v) is 41.7. The Balaban J connectivity index is 4.00. The number of phosphoric ester groups is 1. The fraction of sp³-hybridized carbons (Fsp3) is 0.682. The van der Waals surface area contributed by atoms with Crippen LogP contribution in [-0.2, 0) is 32.7 Å². The normalized spacial score (nSPS) is 13.9. The number of carbonyl (C=O) groups excluding carboxylic acids is 2. The van der Waals surface area contributed by atoms with Gasteiger partial charge in [-0.3, -0.25) is 18.6 Å². The molecule has 0 rings (SSSR count). The van der Waals surface area contributed by atoms with Crippen LogP contribution < -0.4 is 0 Å². The van der Waals surface area contributed by atoms with Crippen LogP contribution in [0.1, 0.15) is 335 Å². The van der Waals surface area contributed by atoms with E-state index in [4.69, 9.17) is 18.5 Å². The van der Waals surface area contributed by atoms with E-state index < -0.39 is 26.5 Å². The number of nitrogens with zero attached hydrogens (tertiary/aromatic N) is 1. The van der Waals surface area contributed by atoms with Crippen LogP contribution >= 0.6 is 7.82 Å². The van der Waals surface area contributed by atoms with Crippen molar-refractivity contribution in [2.24, 2.45) is 0 Å². The highest BCUT2D eigenvalue weighted by atomic mass is 31.2. The minimum atomic E-state index is -4.40. The number of quaternary nitrogens is 1. The van der Waals surface area contributed by atoms with Gasteiger partial charge in [-0.25, -0.2) is 4.57 Å². The predicted molar refractivity (Wildman–Crippen MR) is 426 cm³/mol. The van der Waals surface area contributed by atoms with Crippen molar-refractivity contribution in [3.63, 3.8) is 0 Å². The Morgan fingerprint density at radius 2 is 0.551 bits per heavy atom. The minimum absolute atomic E-state index is 0.0264. The lowest BCUT2D eigenvalue weighted by Crippen LogP contribution is -2.37. The number of carbonyl (C=O) groups is 2. The van der Waals surface area contributed by atoms with E-state index >= 15 is 0 Å². The largest absolute Gasteiger partial charge is 0.472 e. The lowest BCUT2D eigenvalue weighted by atomic mass is 10.0. The summed E-state index contributed by atoms with van der Waals surface area (Å²) in [5.74, 6) is -0.795. The summed E-state index contributed by atoms with van der Waals surface area (Å²) in [6.07, 6.45) is 115. The summed E-state index contributed by atoms with van der Waals surface area (Å²) in [5, 5.41) is 0. The molecule has 0 aromatic rings. The number of unbranched alkanes of at least 4 members (excludes halogenated alkanes) is 33. The zero-order valence-corrected chi connectivity index (χ0v) is 64.9. The van der Waals surface area contributed by atoms with Crippen molar-refractivity contribution in [2.75, 3.05) is 47.5 Å². The minimum Gasteiger partial charge on any atom is -0.462 e. The molecule has 0 aromatic heterocycles. The molecular formula is C88H151NO8P+. The first-order valence-electron chi connectivity index (χ1n) is 40.2. The van der Waals surface area contributed by atoms with Crippen molar-refractivity contribution in [3.05, 3.63) is 158 Å². The highest BCUT2D eigenvalue weighted by molar-refractivity contribution is 7.47. The Kier molecular flexibility index (Phi) is 73.4. The van der Waals surface area contributed by atoms with Crippen LogP contribution in [0, 0.1) is 0 Å². The summed E-state index contributed by atoms with van der Waals surface area (Å²) in [7, 11) is 1.47. The lowest BCUT2D eigenvalue weighted by molar-refractivity contribution is -0.870. The van der Waals surface area contributed by atoms with Crippen molar-refractivity contribution in [2.45, 2.75) is 341 Å². The molecule has 0 amide bonds. The van der Waals surface area contributed by atoms with Gasteiger partial charge in [0.2, 0.25) is 0 Å². The third-order valence-corrected chi connectivity index (χ3v) is 18.0. The Hall–Kier alpha value is -4.37. The maximum atomic E-state index is 12.9. The maximum Gasteiger partial charge on any atom is 0.472 e. The molecule has 1 N–H and O–H groups in total. The molecular weight excluding hydrogens is 1230 g/mol. The lowest BCUT2D eigenvalue weighted by Gasteiger charge is -2.24. The van der Waals surface area contributed by atoms with Crippen LogP contribution in [0.2, 0.25) is 0 Å². The monoisotopic (exact) mass is 1380 g/mol. The van der Waals surface area contributed by atoms with Crippen LogP contribution in [-0.4, -0.2) is 74.9 Å². The van der Waals surface area contributed by atoms with Crippen molar-refractivity contribution < 1.29 is 42.1 Å². The number of hydrogen-bond donors (Lipinski definition) is 1. The van der Waals surface area contributed by atoms with Gasteiger partial charge in [0.15, 0.2) is 6.10 Å². The average Bonchev–Trinajstić information content (AvgIpc) is 1.23. The van der Waals surface area contributed by atoms with Crippen molar-refractivity contribution in [1.82, 2.24) is 0 Å². The molecule has 0 fully saturated rings. The summed E-state index contributed by atoms with van der Waals surface area (Å²) in [4.78, 5) is 36.0. The Morgan fingerprint density at radius 3 is 0.816 bits per heavy atom. The molecule has 0 radical (unpaired) electrons. The van der Waals surface area contributed by atoms with Crippen LogP contribution in [0.15, 0.2) is 158 Å². The molecule has 0 spiro atoms. The van der Waals surface area contributed by atoms with E-state index in [-0.39, 0.29) is 32.0 Å². The molecule has 9 nitrogen and oxygen atoms in total. The highest BCUT2D eigenvalue weighted by Gasteiger charge is 2.27. The molecule has 2 unspecified atom stereocenters. The van der Waals surface area contributed by atoms with Gasteiger partial charge in [0, 0.05) is 12.8 Å². The van der Waals surface area contributed by atoms with E-state index in [1.54, 1.807) is 0 Å². The van der Waals surface area contributed by atoms with E-state index in [0.717, 1.165) is 128 Å². The van der Waals surface area contributed by atoms with Gasteiger partial charge in [0.25, 0.3) is 0 Å². The van der Waals surface area contributed by atoms with Gasteiger partial charge < -0.3 is 18.9 Å². The smallest absolute Gasteiger partial charge is 0.462 e. The summed E-state index contributed by atoms with van der Waals surface area (Å²) >= 11 is 0. The predicted octanol–water partition coefficient (Wildman–Crippen LogP) is 27.1. The van der Waals surface area contributed by atoms with E-state index in [2.05, 4.69) is 172 Å². The average molecular weight is 1380 g/mol. The van der Waals surface area contributed by atoms with Gasteiger partial charge in [-0.15, -0.1) is 0 Å². The number of rotatable bonds is 73. The number of esters is 2. The third kappa shape index (κ3) is 80.6. The molecule has 2 atom stereocenters. The molecule has 0 saturated carbocycles. The molecule has 0 saturated heterocycles. The van der Waals surface area contributed by atoms with Gasteiger partial charge in [0.05, 0.1) is 27.7 Å². The zero-order valence-electron chi connectivity index (χ0n) is 64.0. The molecule has 0 bridgehead atoms. The Bertz CT molecular complexity index is 2220. The van der Waals surface area contributed by atoms with E-state index in [1.165, 1.54) is 173 Å². The second kappa shape index (κ2) is 76.8. The molecule has 0 heterocycles. The fourth-order valence-corrected chi connectivity index (χ4v) is 11.7. The second-order valence-electron chi connectivity index (χ2n) is 27.7. The summed E-state index contributed by atoms with van der Waals surface area (Å²) in [5.41, 5.74) is 0. The number of hydrogen-bond acceptors (Lipinski definition) is 7. The Labute approximate surface area is 605 Å². The van der Waals surface area contributed by atoms with Crippen molar-refractivity contribution in [1.29, 1.82) is 0 Å². The first kappa shape index (κ1) is 93.6. The Morgan fingerprint density at radius 1 is 0.316 bits per heavy atom. The standard InChI is InChI=1S/C88H150NO8P/c1-6-8-10-12-14-16-18-20-22-24-26-28-30-32-34-36-38-40-42-43-44-45-47-49-51-53-55-57-59-61-63-65-67-69-71-73-75-77-79-81-88(91)97-86(85-96-98(92,93)95-83-82-89(3,4)5)84-94-87(90)80-78-76-74-72-70-68-66-64-62-60-58-56-54-52-50-48-46-41-39-37-35-33-31-29-27-25-23-21-19-17-15-13-11-9-7-2/h8-11,14-17,20-23,26-29,32,34,38,40,43-44,47,49,53,55,86H,6-7,12-13,18-19,24-25,30-31,33,35-37,39,41-42,45-46,48,50-52,54,56-85H2,1-5H3/p+1/b10-8-,11-9-,16-14-,17-15-,22-20-,23-21-,28-26-,29-27-,34-32-,40-38-,44-43-,49-47-,55-53-.